The molecule has 0 bridgehead atoms. The molecule has 18 heavy (non-hydrogen) atoms. The van der Waals surface area contributed by atoms with Crippen LogP contribution in [0.25, 0.3) is 0 Å². The molecule has 2 rings (SSSR count). The smallest absolute Gasteiger partial charge is 0.0480 e. The number of piperidine rings is 1. The summed E-state index contributed by atoms with van der Waals surface area (Å²) in [6, 6.07) is 0.691. The first kappa shape index (κ1) is 14.3. The van der Waals surface area contributed by atoms with Gasteiger partial charge in [-0.05, 0) is 57.7 Å². The maximum Gasteiger partial charge on any atom is 0.0480 e. The van der Waals surface area contributed by atoms with Gasteiger partial charge >= 0.3 is 0 Å². The summed E-state index contributed by atoms with van der Waals surface area (Å²) >= 11 is 0. The Kier molecular flexibility index (Phi) is 6.46. The minimum atomic E-state index is 0.691. The first-order chi connectivity index (χ1) is 8.84. The highest BCUT2D eigenvalue weighted by molar-refractivity contribution is 4.73. The molecule has 2 heterocycles. The van der Waals surface area contributed by atoms with E-state index in [0.717, 1.165) is 19.1 Å². The van der Waals surface area contributed by atoms with Gasteiger partial charge in [0, 0.05) is 25.8 Å². The van der Waals surface area contributed by atoms with Crippen molar-refractivity contribution < 1.29 is 4.74 Å². The summed E-state index contributed by atoms with van der Waals surface area (Å²) in [5.41, 5.74) is 0. The molecule has 0 aliphatic carbocycles. The van der Waals surface area contributed by atoms with E-state index in [4.69, 9.17) is 4.74 Å². The Hall–Kier alpha value is -0.120. The molecule has 0 aromatic heterocycles. The van der Waals surface area contributed by atoms with E-state index in [1.54, 1.807) is 0 Å². The van der Waals surface area contributed by atoms with Gasteiger partial charge in [0.15, 0.2) is 0 Å². The predicted molar refractivity (Wildman–Crippen MR) is 75.9 cm³/mol. The Bertz CT molecular complexity index is 209. The second-order valence-corrected chi connectivity index (χ2v) is 6.11. The lowest BCUT2D eigenvalue weighted by Crippen LogP contribution is -2.39. The quantitative estimate of drug-likeness (QED) is 0.814. The van der Waals surface area contributed by atoms with Gasteiger partial charge in [-0.3, -0.25) is 0 Å². The number of nitrogens with zero attached hydrogens (tertiary/aromatic N) is 1. The molecule has 0 saturated carbocycles. The van der Waals surface area contributed by atoms with Crippen LogP contribution >= 0.6 is 0 Å². The van der Waals surface area contributed by atoms with Gasteiger partial charge in [-0.2, -0.15) is 0 Å². The van der Waals surface area contributed by atoms with Gasteiger partial charge in [-0.1, -0.05) is 13.3 Å². The molecule has 0 aromatic rings. The second-order valence-electron chi connectivity index (χ2n) is 6.11. The van der Waals surface area contributed by atoms with Crippen molar-refractivity contribution in [3.05, 3.63) is 0 Å². The van der Waals surface area contributed by atoms with Gasteiger partial charge in [0.1, 0.15) is 0 Å². The molecule has 0 spiro atoms. The first-order valence-corrected chi connectivity index (χ1v) is 7.88. The minimum Gasteiger partial charge on any atom is -0.381 e. The summed E-state index contributed by atoms with van der Waals surface area (Å²) in [7, 11) is 0. The van der Waals surface area contributed by atoms with E-state index in [-0.39, 0.29) is 0 Å². The second kappa shape index (κ2) is 8.13. The summed E-state index contributed by atoms with van der Waals surface area (Å²) in [5, 5.41) is 3.74. The van der Waals surface area contributed by atoms with Gasteiger partial charge in [0.25, 0.3) is 0 Å². The monoisotopic (exact) mass is 254 g/mol. The fourth-order valence-electron chi connectivity index (χ4n) is 3.12. The molecule has 2 atom stereocenters. The molecular weight excluding hydrogens is 224 g/mol. The van der Waals surface area contributed by atoms with Crippen molar-refractivity contribution in [1.29, 1.82) is 0 Å². The highest BCUT2D eigenvalue weighted by Crippen LogP contribution is 2.12. The largest absolute Gasteiger partial charge is 0.381 e. The van der Waals surface area contributed by atoms with Crippen LogP contribution in [0.5, 0.6) is 0 Å². The molecule has 2 aliphatic heterocycles. The summed E-state index contributed by atoms with van der Waals surface area (Å²) in [6.07, 6.45) is 7.94. The van der Waals surface area contributed by atoms with Gasteiger partial charge in [-0.15, -0.1) is 0 Å². The Morgan fingerprint density at radius 2 is 1.94 bits per heavy atom. The maximum absolute atomic E-state index is 5.50. The van der Waals surface area contributed by atoms with Gasteiger partial charge in [-0.25, -0.2) is 0 Å². The van der Waals surface area contributed by atoms with E-state index in [0.29, 0.717) is 6.04 Å². The Morgan fingerprint density at radius 1 is 1.11 bits per heavy atom. The van der Waals surface area contributed by atoms with Crippen molar-refractivity contribution in [1.82, 2.24) is 10.2 Å². The maximum atomic E-state index is 5.50. The normalized spacial score (nSPS) is 28.8. The number of rotatable bonds is 5. The number of likely N-dealkylation sites (tertiary alicyclic amines) is 1. The average molecular weight is 254 g/mol. The van der Waals surface area contributed by atoms with Crippen LogP contribution in [0.4, 0.5) is 0 Å². The predicted octanol–water partition coefficient (Wildman–Crippen LogP) is 2.27. The minimum absolute atomic E-state index is 0.691. The molecule has 0 amide bonds. The molecule has 2 unspecified atom stereocenters. The third-order valence-electron chi connectivity index (χ3n) is 4.23. The third-order valence-corrected chi connectivity index (χ3v) is 4.23. The molecule has 3 heteroatoms. The summed E-state index contributed by atoms with van der Waals surface area (Å²) in [4.78, 5) is 2.64. The molecular formula is C15H30N2O. The Balaban J connectivity index is 1.59. The van der Waals surface area contributed by atoms with Gasteiger partial charge in [0.2, 0.25) is 0 Å². The fraction of sp³-hybridized carbons (Fsp3) is 1.00. The summed E-state index contributed by atoms with van der Waals surface area (Å²) < 4.78 is 5.50. The number of nitrogens with one attached hydrogen (secondary N) is 1. The summed E-state index contributed by atoms with van der Waals surface area (Å²) in [6.45, 7) is 9.37. The van der Waals surface area contributed by atoms with Crippen molar-refractivity contribution in [3.8, 4) is 0 Å². The first-order valence-electron chi connectivity index (χ1n) is 7.88. The average Bonchev–Trinajstić information content (AvgIpc) is 2.66. The van der Waals surface area contributed by atoms with Crippen molar-refractivity contribution in [2.75, 3.05) is 39.4 Å². The van der Waals surface area contributed by atoms with Crippen LogP contribution in [0.3, 0.4) is 0 Å². The van der Waals surface area contributed by atoms with E-state index in [1.807, 2.05) is 0 Å². The summed E-state index contributed by atoms with van der Waals surface area (Å²) in [5.74, 6) is 0.771. The number of hydrogen-bond donors (Lipinski definition) is 1. The zero-order valence-corrected chi connectivity index (χ0v) is 12.0. The van der Waals surface area contributed by atoms with Crippen LogP contribution in [0.1, 0.15) is 45.4 Å². The Labute approximate surface area is 112 Å². The van der Waals surface area contributed by atoms with E-state index in [9.17, 15) is 0 Å². The molecule has 1 N–H and O–H groups in total. The lowest BCUT2D eigenvalue weighted by molar-refractivity contribution is 0.142. The zero-order valence-electron chi connectivity index (χ0n) is 12.0. The number of ether oxygens (including phenoxy) is 1. The van der Waals surface area contributed by atoms with Gasteiger partial charge < -0.3 is 15.0 Å². The molecule has 106 valence electrons. The van der Waals surface area contributed by atoms with Crippen molar-refractivity contribution in [2.45, 2.75) is 51.5 Å². The van der Waals surface area contributed by atoms with Crippen LogP contribution < -0.4 is 5.32 Å². The van der Waals surface area contributed by atoms with Crippen LogP contribution in [0, 0.1) is 5.92 Å². The third kappa shape index (κ3) is 5.25. The molecule has 2 saturated heterocycles. The van der Waals surface area contributed by atoms with E-state index in [2.05, 4.69) is 17.1 Å². The number of hydrogen-bond acceptors (Lipinski definition) is 3. The molecule has 0 radical (unpaired) electrons. The van der Waals surface area contributed by atoms with Crippen molar-refractivity contribution in [3.63, 3.8) is 0 Å². The highest BCUT2D eigenvalue weighted by Gasteiger charge is 2.16. The van der Waals surface area contributed by atoms with Crippen LogP contribution in [-0.4, -0.2) is 50.3 Å². The molecule has 2 aliphatic rings. The van der Waals surface area contributed by atoms with Crippen LogP contribution in [-0.2, 0) is 4.74 Å². The zero-order chi connectivity index (χ0) is 12.6. The molecule has 2 fully saturated rings. The van der Waals surface area contributed by atoms with Crippen molar-refractivity contribution >= 4 is 0 Å². The Morgan fingerprint density at radius 3 is 2.78 bits per heavy atom. The van der Waals surface area contributed by atoms with E-state index < -0.39 is 0 Å². The van der Waals surface area contributed by atoms with E-state index >= 15 is 0 Å². The van der Waals surface area contributed by atoms with Crippen molar-refractivity contribution in [2.24, 2.45) is 5.92 Å². The van der Waals surface area contributed by atoms with Crippen LogP contribution in [0.15, 0.2) is 0 Å². The molecule has 0 aromatic carbocycles. The fourth-order valence-corrected chi connectivity index (χ4v) is 3.12. The SMILES string of the molecule is CC(CNC1CCCOCC1)CN1CCCCC1. The topological polar surface area (TPSA) is 24.5 Å². The van der Waals surface area contributed by atoms with Gasteiger partial charge in [0.05, 0.1) is 0 Å². The molecule has 3 nitrogen and oxygen atoms in total. The highest BCUT2D eigenvalue weighted by atomic mass is 16.5. The lowest BCUT2D eigenvalue weighted by atomic mass is 10.1. The lowest BCUT2D eigenvalue weighted by Gasteiger charge is -2.29. The standard InChI is InChI=1S/C15H30N2O/c1-14(13-17-8-3-2-4-9-17)12-16-15-6-5-10-18-11-7-15/h14-16H,2-13H2,1H3. The van der Waals surface area contributed by atoms with E-state index in [1.165, 1.54) is 64.7 Å². The van der Waals surface area contributed by atoms with Crippen LogP contribution in [0.2, 0.25) is 0 Å².